The Kier molecular flexibility index (Phi) is 6.51. The molecular weight excluding hydrogens is 321 g/mol. The highest BCUT2D eigenvalue weighted by Crippen LogP contribution is 2.17. The number of hydrogen-bond donors (Lipinski definition) is 2. The molecule has 0 fully saturated rings. The van der Waals surface area contributed by atoms with Crippen LogP contribution < -0.4 is 10.6 Å². The van der Waals surface area contributed by atoms with Crippen molar-refractivity contribution in [3.8, 4) is 0 Å². The number of urea groups is 1. The Morgan fingerprint density at radius 3 is 2.32 bits per heavy atom. The van der Waals surface area contributed by atoms with Gasteiger partial charge in [-0.15, -0.1) is 0 Å². The van der Waals surface area contributed by atoms with E-state index in [1.807, 2.05) is 37.3 Å². The molecule has 0 saturated carbocycles. The molecule has 2 N–H and O–H groups in total. The smallest absolute Gasteiger partial charge is 0.315 e. The number of nitrogens with zero attached hydrogens (tertiary/aromatic N) is 1. The van der Waals surface area contributed by atoms with Crippen LogP contribution in [0.5, 0.6) is 0 Å². The molecule has 6 heteroatoms. The molecule has 0 spiro atoms. The minimum Gasteiger partial charge on any atom is -0.337 e. The Morgan fingerprint density at radius 2 is 1.68 bits per heavy atom. The first-order valence-electron chi connectivity index (χ1n) is 8.04. The molecule has 132 valence electrons. The van der Waals surface area contributed by atoms with Crippen molar-refractivity contribution < 1.29 is 14.0 Å². The lowest BCUT2D eigenvalue weighted by molar-refractivity contribution is -0.130. The number of carbonyl (C=O) groups is 2. The summed E-state index contributed by atoms with van der Waals surface area (Å²) in [6, 6.07) is 15.0. The molecule has 0 radical (unpaired) electrons. The van der Waals surface area contributed by atoms with Gasteiger partial charge in [0, 0.05) is 13.6 Å². The monoisotopic (exact) mass is 343 g/mol. The number of likely N-dealkylation sites (N-methyl/N-ethyl adjacent to an activating group) is 1. The van der Waals surface area contributed by atoms with Crippen LogP contribution in [0.3, 0.4) is 0 Å². The number of hydrogen-bond acceptors (Lipinski definition) is 2. The minimum atomic E-state index is -0.446. The Morgan fingerprint density at radius 1 is 1.04 bits per heavy atom. The zero-order valence-corrected chi connectivity index (χ0v) is 14.3. The Labute approximate surface area is 146 Å². The fourth-order valence-electron chi connectivity index (χ4n) is 2.30. The van der Waals surface area contributed by atoms with Gasteiger partial charge in [-0.3, -0.25) is 4.79 Å². The van der Waals surface area contributed by atoms with Gasteiger partial charge in [-0.1, -0.05) is 42.5 Å². The van der Waals surface area contributed by atoms with E-state index in [0.29, 0.717) is 0 Å². The summed E-state index contributed by atoms with van der Waals surface area (Å²) < 4.78 is 12.8. The predicted octanol–water partition coefficient (Wildman–Crippen LogP) is 2.84. The van der Waals surface area contributed by atoms with E-state index < -0.39 is 6.03 Å². The van der Waals surface area contributed by atoms with Gasteiger partial charge in [0.25, 0.3) is 0 Å². The quantitative estimate of drug-likeness (QED) is 0.847. The van der Waals surface area contributed by atoms with Crippen LogP contribution in [-0.4, -0.2) is 30.4 Å². The SMILES string of the molecule is CC(c1ccccc1)N(C)C(=O)CNC(=O)NCc1ccc(F)cc1. The highest BCUT2D eigenvalue weighted by atomic mass is 19.1. The molecule has 0 aliphatic heterocycles. The zero-order valence-electron chi connectivity index (χ0n) is 14.3. The van der Waals surface area contributed by atoms with Gasteiger partial charge in [0.05, 0.1) is 12.6 Å². The molecule has 2 rings (SSSR count). The molecule has 2 aromatic rings. The summed E-state index contributed by atoms with van der Waals surface area (Å²) in [7, 11) is 1.71. The molecule has 0 saturated heterocycles. The minimum absolute atomic E-state index is 0.0854. The summed E-state index contributed by atoms with van der Waals surface area (Å²) in [4.78, 5) is 25.6. The van der Waals surface area contributed by atoms with Crippen molar-refractivity contribution in [3.05, 3.63) is 71.5 Å². The second-order valence-corrected chi connectivity index (χ2v) is 5.75. The summed E-state index contributed by atoms with van der Waals surface area (Å²) in [6.07, 6.45) is 0. The molecule has 0 aliphatic carbocycles. The summed E-state index contributed by atoms with van der Waals surface area (Å²) >= 11 is 0. The molecular formula is C19H22FN3O2. The van der Waals surface area contributed by atoms with Gasteiger partial charge in [-0.25, -0.2) is 9.18 Å². The van der Waals surface area contributed by atoms with E-state index >= 15 is 0 Å². The van der Waals surface area contributed by atoms with Crippen LogP contribution in [0.2, 0.25) is 0 Å². The van der Waals surface area contributed by atoms with Gasteiger partial charge in [0.1, 0.15) is 5.82 Å². The van der Waals surface area contributed by atoms with Crippen molar-refractivity contribution in [3.63, 3.8) is 0 Å². The van der Waals surface area contributed by atoms with Gasteiger partial charge in [0.2, 0.25) is 5.91 Å². The molecule has 0 heterocycles. The first kappa shape index (κ1) is 18.4. The van der Waals surface area contributed by atoms with Crippen LogP contribution >= 0.6 is 0 Å². The van der Waals surface area contributed by atoms with E-state index in [0.717, 1.165) is 11.1 Å². The first-order chi connectivity index (χ1) is 12.0. The maximum Gasteiger partial charge on any atom is 0.315 e. The predicted molar refractivity (Wildman–Crippen MR) is 94.3 cm³/mol. The summed E-state index contributed by atoms with van der Waals surface area (Å²) in [5.74, 6) is -0.511. The third kappa shape index (κ3) is 5.60. The highest BCUT2D eigenvalue weighted by molar-refractivity contribution is 5.84. The van der Waals surface area contributed by atoms with Crippen molar-refractivity contribution in [2.45, 2.75) is 19.5 Å². The largest absolute Gasteiger partial charge is 0.337 e. The molecule has 2 aromatic carbocycles. The van der Waals surface area contributed by atoms with Crippen LogP contribution in [0.4, 0.5) is 9.18 Å². The lowest BCUT2D eigenvalue weighted by Gasteiger charge is -2.25. The number of benzene rings is 2. The van der Waals surface area contributed by atoms with Crippen molar-refractivity contribution in [1.82, 2.24) is 15.5 Å². The van der Waals surface area contributed by atoms with E-state index in [4.69, 9.17) is 0 Å². The number of rotatable bonds is 6. The van der Waals surface area contributed by atoms with Crippen molar-refractivity contribution in [2.24, 2.45) is 0 Å². The standard InChI is InChI=1S/C19H22FN3O2/c1-14(16-6-4-3-5-7-16)23(2)18(24)13-22-19(25)21-12-15-8-10-17(20)11-9-15/h3-11,14H,12-13H2,1-2H3,(H2,21,22,25). The lowest BCUT2D eigenvalue weighted by atomic mass is 10.1. The maximum atomic E-state index is 12.8. The Bertz CT molecular complexity index is 704. The molecule has 0 aromatic heterocycles. The van der Waals surface area contributed by atoms with Crippen molar-refractivity contribution in [2.75, 3.05) is 13.6 Å². The summed E-state index contributed by atoms with van der Waals surface area (Å²) in [6.45, 7) is 2.10. The molecule has 0 aliphatic rings. The molecule has 1 atom stereocenters. The van der Waals surface area contributed by atoms with Gasteiger partial charge in [-0.2, -0.15) is 0 Å². The van der Waals surface area contributed by atoms with Crippen LogP contribution in [0.15, 0.2) is 54.6 Å². The molecule has 5 nitrogen and oxygen atoms in total. The summed E-state index contributed by atoms with van der Waals surface area (Å²) in [5, 5.41) is 5.17. The topological polar surface area (TPSA) is 61.4 Å². The number of amides is 3. The summed E-state index contributed by atoms with van der Waals surface area (Å²) in [5.41, 5.74) is 1.80. The number of nitrogens with one attached hydrogen (secondary N) is 2. The Balaban J connectivity index is 1.76. The third-order valence-electron chi connectivity index (χ3n) is 4.02. The average molecular weight is 343 g/mol. The second kappa shape index (κ2) is 8.82. The van der Waals surface area contributed by atoms with Gasteiger partial charge in [0.15, 0.2) is 0 Å². The zero-order chi connectivity index (χ0) is 18.2. The van der Waals surface area contributed by atoms with Crippen LogP contribution in [0.25, 0.3) is 0 Å². The van der Waals surface area contributed by atoms with E-state index in [2.05, 4.69) is 10.6 Å². The van der Waals surface area contributed by atoms with Crippen molar-refractivity contribution >= 4 is 11.9 Å². The van der Waals surface area contributed by atoms with Crippen molar-refractivity contribution in [1.29, 1.82) is 0 Å². The lowest BCUT2D eigenvalue weighted by Crippen LogP contribution is -2.43. The maximum absolute atomic E-state index is 12.8. The first-order valence-corrected chi connectivity index (χ1v) is 8.04. The van der Waals surface area contributed by atoms with E-state index in [9.17, 15) is 14.0 Å². The fourth-order valence-corrected chi connectivity index (χ4v) is 2.30. The van der Waals surface area contributed by atoms with Crippen LogP contribution in [0.1, 0.15) is 24.1 Å². The number of halogens is 1. The molecule has 3 amide bonds. The fraction of sp³-hybridized carbons (Fsp3) is 0.263. The van der Waals surface area contributed by atoms with E-state index in [-0.39, 0.29) is 30.9 Å². The average Bonchev–Trinajstić information content (AvgIpc) is 2.65. The van der Waals surface area contributed by atoms with E-state index in [1.165, 1.54) is 12.1 Å². The van der Waals surface area contributed by atoms with Gasteiger partial charge < -0.3 is 15.5 Å². The molecule has 25 heavy (non-hydrogen) atoms. The highest BCUT2D eigenvalue weighted by Gasteiger charge is 2.17. The van der Waals surface area contributed by atoms with Gasteiger partial charge >= 0.3 is 6.03 Å². The normalized spacial score (nSPS) is 11.5. The van der Waals surface area contributed by atoms with Crippen LogP contribution in [0, 0.1) is 5.82 Å². The third-order valence-corrected chi connectivity index (χ3v) is 4.02. The molecule has 0 bridgehead atoms. The van der Waals surface area contributed by atoms with Gasteiger partial charge in [-0.05, 0) is 30.2 Å². The second-order valence-electron chi connectivity index (χ2n) is 5.75. The molecule has 1 unspecified atom stereocenters. The van der Waals surface area contributed by atoms with E-state index in [1.54, 1.807) is 24.1 Å². The number of carbonyl (C=O) groups excluding carboxylic acids is 2. The van der Waals surface area contributed by atoms with Crippen LogP contribution in [-0.2, 0) is 11.3 Å². The Hall–Kier alpha value is -2.89.